The molecular formula is C22H19N3O4S. The number of hydrogen-bond donors (Lipinski definition) is 0. The van der Waals surface area contributed by atoms with E-state index in [1.807, 2.05) is 24.3 Å². The van der Waals surface area contributed by atoms with Gasteiger partial charge in [-0.15, -0.1) is 10.2 Å². The van der Waals surface area contributed by atoms with E-state index in [1.54, 1.807) is 17.8 Å². The fraction of sp³-hybridized carbons (Fsp3) is 0.227. The van der Waals surface area contributed by atoms with Crippen LogP contribution in [-0.4, -0.2) is 34.5 Å². The second-order valence-electron chi connectivity index (χ2n) is 7.04. The number of esters is 1. The number of aromatic nitrogens is 3. The summed E-state index contributed by atoms with van der Waals surface area (Å²) < 4.78 is 18.1. The highest BCUT2D eigenvalue weighted by Gasteiger charge is 2.21. The van der Waals surface area contributed by atoms with Gasteiger partial charge in [0, 0.05) is 22.3 Å². The molecule has 2 aromatic carbocycles. The summed E-state index contributed by atoms with van der Waals surface area (Å²) in [5.74, 6) is 0.941. The summed E-state index contributed by atoms with van der Waals surface area (Å²) >= 11 is 1.55. The molecule has 3 heterocycles. The maximum Gasteiger partial charge on any atom is 0.337 e. The minimum Gasteiger partial charge on any atom is -0.467 e. The zero-order valence-electron chi connectivity index (χ0n) is 16.5. The minimum absolute atomic E-state index is 0.194. The lowest BCUT2D eigenvalue weighted by Crippen LogP contribution is -2.15. The topological polar surface area (TPSA) is 75.0 Å². The average Bonchev–Trinajstić information content (AvgIpc) is 3.19. The van der Waals surface area contributed by atoms with Crippen molar-refractivity contribution in [3.63, 3.8) is 0 Å². The molecule has 1 aliphatic rings. The van der Waals surface area contributed by atoms with Crippen molar-refractivity contribution in [3.8, 4) is 5.75 Å². The van der Waals surface area contributed by atoms with E-state index in [-0.39, 0.29) is 12.8 Å². The minimum atomic E-state index is -0.385. The number of ether oxygens (including phenoxy) is 3. The molecule has 0 saturated heterocycles. The summed E-state index contributed by atoms with van der Waals surface area (Å²) in [5.41, 5.74) is 5.25. The largest absolute Gasteiger partial charge is 0.467 e. The molecule has 0 atom stereocenters. The van der Waals surface area contributed by atoms with Crippen molar-refractivity contribution in [1.82, 2.24) is 14.6 Å². The van der Waals surface area contributed by atoms with Crippen LogP contribution < -0.4 is 4.74 Å². The van der Waals surface area contributed by atoms with Gasteiger partial charge in [0.2, 0.25) is 0 Å². The summed E-state index contributed by atoms with van der Waals surface area (Å²) in [6.45, 7) is 2.67. The number of fused-ring (bicyclic) bond motifs is 4. The molecule has 0 saturated carbocycles. The molecule has 0 aliphatic carbocycles. The lowest BCUT2D eigenvalue weighted by molar-refractivity contribution is -0.0169. The monoisotopic (exact) mass is 421 g/mol. The van der Waals surface area contributed by atoms with E-state index in [0.717, 1.165) is 44.1 Å². The molecule has 2 aromatic heterocycles. The van der Waals surface area contributed by atoms with Crippen LogP contribution in [0.3, 0.4) is 0 Å². The molecule has 0 unspecified atom stereocenters. The first-order chi connectivity index (χ1) is 14.7. The van der Waals surface area contributed by atoms with E-state index in [1.165, 1.54) is 7.11 Å². The number of aryl methyl sites for hydroxylation is 1. The van der Waals surface area contributed by atoms with Gasteiger partial charge >= 0.3 is 5.97 Å². The zero-order chi connectivity index (χ0) is 20.7. The molecule has 0 spiro atoms. The first kappa shape index (κ1) is 18.9. The highest BCUT2D eigenvalue weighted by Crippen LogP contribution is 2.35. The predicted octanol–water partition coefficient (Wildman–Crippen LogP) is 4.14. The van der Waals surface area contributed by atoms with Crippen LogP contribution in [0.15, 0.2) is 47.6 Å². The van der Waals surface area contributed by atoms with Crippen molar-refractivity contribution in [2.45, 2.75) is 24.4 Å². The van der Waals surface area contributed by atoms with E-state index in [0.29, 0.717) is 17.9 Å². The van der Waals surface area contributed by atoms with Crippen LogP contribution >= 0.6 is 11.8 Å². The summed E-state index contributed by atoms with van der Waals surface area (Å²) in [5, 5.41) is 10.7. The molecule has 152 valence electrons. The molecule has 0 N–H and O–H groups in total. The number of rotatable bonds is 4. The maximum atomic E-state index is 12.1. The zero-order valence-corrected chi connectivity index (χ0v) is 17.4. The van der Waals surface area contributed by atoms with E-state index in [2.05, 4.69) is 33.7 Å². The maximum absolute atomic E-state index is 12.1. The molecule has 4 aromatic rings. The summed E-state index contributed by atoms with van der Waals surface area (Å²) in [4.78, 5) is 12.1. The lowest BCUT2D eigenvalue weighted by atomic mass is 10.0. The summed E-state index contributed by atoms with van der Waals surface area (Å²) in [6.07, 6.45) is 0. The molecular weight excluding hydrogens is 402 g/mol. The molecule has 0 bridgehead atoms. The number of para-hydroxylation sites is 1. The van der Waals surface area contributed by atoms with Crippen LogP contribution in [0.4, 0.5) is 0 Å². The Hall–Kier alpha value is -3.10. The Morgan fingerprint density at radius 2 is 2.10 bits per heavy atom. The van der Waals surface area contributed by atoms with Crippen LogP contribution in [0, 0.1) is 6.92 Å². The number of thioether (sulfide) groups is 1. The third-order valence-corrected chi connectivity index (χ3v) is 6.12. The van der Waals surface area contributed by atoms with Crippen molar-refractivity contribution in [2.75, 3.05) is 13.9 Å². The van der Waals surface area contributed by atoms with Crippen molar-refractivity contribution < 1.29 is 19.0 Å². The van der Waals surface area contributed by atoms with Crippen molar-refractivity contribution in [3.05, 3.63) is 64.7 Å². The smallest absolute Gasteiger partial charge is 0.337 e. The van der Waals surface area contributed by atoms with Crippen molar-refractivity contribution in [2.24, 2.45) is 0 Å². The Kier molecular flexibility index (Phi) is 4.80. The third-order valence-electron chi connectivity index (χ3n) is 5.14. The Morgan fingerprint density at radius 3 is 2.97 bits per heavy atom. The Morgan fingerprint density at radius 1 is 1.23 bits per heavy atom. The Labute approximate surface area is 177 Å². The van der Waals surface area contributed by atoms with Gasteiger partial charge in [0.15, 0.2) is 17.6 Å². The van der Waals surface area contributed by atoms with Gasteiger partial charge in [-0.2, -0.15) is 0 Å². The fourth-order valence-corrected chi connectivity index (χ4v) is 4.67. The molecule has 0 amide bonds. The quantitative estimate of drug-likeness (QED) is 0.362. The highest BCUT2D eigenvalue weighted by molar-refractivity contribution is 7.98. The molecule has 0 radical (unpaired) electrons. The third kappa shape index (κ3) is 3.18. The molecule has 7 nitrogen and oxygen atoms in total. The van der Waals surface area contributed by atoms with Crippen LogP contribution in [0.1, 0.15) is 27.0 Å². The molecule has 5 rings (SSSR count). The number of methoxy groups -OCH3 is 1. The van der Waals surface area contributed by atoms with Crippen LogP contribution in [0.2, 0.25) is 0 Å². The van der Waals surface area contributed by atoms with Crippen molar-refractivity contribution in [1.29, 1.82) is 0 Å². The van der Waals surface area contributed by atoms with E-state index in [9.17, 15) is 4.79 Å². The van der Waals surface area contributed by atoms with Gasteiger partial charge in [0.1, 0.15) is 5.75 Å². The number of carbonyl (C=O) groups excluding carboxylic acids is 1. The van der Waals surface area contributed by atoms with Gasteiger partial charge in [0.25, 0.3) is 0 Å². The number of carbonyl (C=O) groups is 1. The van der Waals surface area contributed by atoms with Gasteiger partial charge in [-0.1, -0.05) is 30.0 Å². The Balaban J connectivity index is 1.55. The summed E-state index contributed by atoms with van der Waals surface area (Å²) in [6, 6.07) is 13.8. The van der Waals surface area contributed by atoms with E-state index < -0.39 is 0 Å². The first-order valence-electron chi connectivity index (χ1n) is 9.46. The van der Waals surface area contributed by atoms with Crippen LogP contribution in [-0.2, 0) is 21.8 Å². The molecule has 30 heavy (non-hydrogen) atoms. The van der Waals surface area contributed by atoms with Gasteiger partial charge in [-0.3, -0.25) is 4.40 Å². The van der Waals surface area contributed by atoms with Gasteiger partial charge < -0.3 is 14.2 Å². The molecule has 0 fully saturated rings. The Bertz CT molecular complexity index is 1280. The van der Waals surface area contributed by atoms with Crippen molar-refractivity contribution >= 4 is 34.3 Å². The normalized spacial score (nSPS) is 13.3. The van der Waals surface area contributed by atoms with Crippen LogP contribution in [0.5, 0.6) is 5.75 Å². The number of benzene rings is 2. The van der Waals surface area contributed by atoms with Gasteiger partial charge in [-0.05, 0) is 36.8 Å². The fourth-order valence-electron chi connectivity index (χ4n) is 3.75. The molecule has 1 aliphatic heterocycles. The number of hydrogen-bond acceptors (Lipinski definition) is 7. The molecule has 8 heteroatoms. The summed E-state index contributed by atoms with van der Waals surface area (Å²) in [7, 11) is 1.37. The van der Waals surface area contributed by atoms with E-state index >= 15 is 0 Å². The van der Waals surface area contributed by atoms with E-state index in [4.69, 9.17) is 14.2 Å². The second kappa shape index (κ2) is 7.62. The lowest BCUT2D eigenvalue weighted by Gasteiger charge is -2.21. The average molecular weight is 421 g/mol. The van der Waals surface area contributed by atoms with Gasteiger partial charge in [0.05, 0.1) is 24.8 Å². The predicted molar refractivity (Wildman–Crippen MR) is 113 cm³/mol. The van der Waals surface area contributed by atoms with Crippen LogP contribution in [0.25, 0.3) is 16.6 Å². The number of nitrogens with zero attached hydrogens (tertiary/aromatic N) is 3. The van der Waals surface area contributed by atoms with Gasteiger partial charge in [-0.25, -0.2) is 4.79 Å². The first-order valence-corrected chi connectivity index (χ1v) is 10.4. The SMILES string of the molecule is COC(=O)c1cc2c(c(CSc3nnc4cc(C)c5ccccc5n34)c1)OCOC2. The second-order valence-corrected chi connectivity index (χ2v) is 7.98. The standard InChI is InChI=1S/C22H19N3O4S/c1-13-7-19-23-24-22(25(19)18-6-4-3-5-17(13)18)30-11-16-9-14(21(26)27-2)8-15-10-28-12-29-20(15)16/h3-9H,10-12H2,1-2H3. The highest BCUT2D eigenvalue weighted by atomic mass is 32.2. The number of pyridine rings is 1.